The van der Waals surface area contributed by atoms with Crippen LogP contribution in [0.15, 0.2) is 63.8 Å². The first kappa shape index (κ1) is 20.8. The predicted molar refractivity (Wildman–Crippen MR) is 110 cm³/mol. The zero-order valence-electron chi connectivity index (χ0n) is 16.2. The highest BCUT2D eigenvalue weighted by molar-refractivity contribution is 5.98. The molecule has 1 heterocycles. The molecule has 1 aromatic heterocycles. The number of carboxylic acids is 1. The average Bonchev–Trinajstić information content (AvgIpc) is 2.72. The normalized spacial score (nSPS) is 11.6. The van der Waals surface area contributed by atoms with Gasteiger partial charge in [0.1, 0.15) is 11.6 Å². The summed E-state index contributed by atoms with van der Waals surface area (Å²) in [6.45, 7) is 1.47. The number of rotatable bonds is 7. The van der Waals surface area contributed by atoms with Gasteiger partial charge in [-0.15, -0.1) is 0 Å². The van der Waals surface area contributed by atoms with Gasteiger partial charge in [-0.25, -0.2) is 4.79 Å². The number of para-hydroxylation sites is 1. The Morgan fingerprint density at radius 3 is 2.60 bits per heavy atom. The maximum atomic E-state index is 12.5. The van der Waals surface area contributed by atoms with Crippen LogP contribution in [0.1, 0.15) is 23.7 Å². The van der Waals surface area contributed by atoms with Crippen molar-refractivity contribution in [1.29, 1.82) is 0 Å². The predicted octanol–water partition coefficient (Wildman–Crippen LogP) is 2.17. The van der Waals surface area contributed by atoms with Crippen molar-refractivity contribution in [3.63, 3.8) is 0 Å². The van der Waals surface area contributed by atoms with E-state index in [-0.39, 0.29) is 18.5 Å². The lowest BCUT2D eigenvalue weighted by Crippen LogP contribution is -2.45. The second-order valence-corrected chi connectivity index (χ2v) is 6.70. The van der Waals surface area contributed by atoms with E-state index in [0.717, 1.165) is 5.39 Å². The first-order chi connectivity index (χ1) is 14.3. The van der Waals surface area contributed by atoms with Gasteiger partial charge in [0.25, 0.3) is 5.91 Å². The summed E-state index contributed by atoms with van der Waals surface area (Å²) in [5.41, 5.74) is 1.06. The van der Waals surface area contributed by atoms with E-state index < -0.39 is 29.5 Å². The highest BCUT2D eigenvalue weighted by atomic mass is 16.4. The molecule has 1 unspecified atom stereocenters. The van der Waals surface area contributed by atoms with Crippen LogP contribution in [0.4, 0.5) is 0 Å². The van der Waals surface area contributed by atoms with Crippen LogP contribution in [0, 0.1) is 0 Å². The van der Waals surface area contributed by atoms with Gasteiger partial charge in [-0.2, -0.15) is 0 Å². The molecule has 0 saturated carbocycles. The zero-order chi connectivity index (χ0) is 21.7. The second-order valence-electron chi connectivity index (χ2n) is 6.70. The van der Waals surface area contributed by atoms with Gasteiger partial charge in [0.2, 0.25) is 5.91 Å². The van der Waals surface area contributed by atoms with Crippen LogP contribution in [0.2, 0.25) is 0 Å². The lowest BCUT2D eigenvalue weighted by Gasteiger charge is -2.14. The van der Waals surface area contributed by atoms with Crippen LogP contribution in [-0.2, 0) is 9.59 Å². The Morgan fingerprint density at radius 2 is 1.83 bits per heavy atom. The fraction of sp³-hybridized carbons (Fsp3) is 0.182. The van der Waals surface area contributed by atoms with Crippen LogP contribution < -0.4 is 16.3 Å². The lowest BCUT2D eigenvalue weighted by molar-refractivity contribution is -0.137. The quantitative estimate of drug-likeness (QED) is 0.515. The van der Waals surface area contributed by atoms with E-state index in [1.807, 2.05) is 12.1 Å². The SMILES string of the molecule is CC(NC(=O)c1cccc(-c2cc3ccccc3oc2=O)c1)C(=O)NCCC(=O)O. The molecule has 3 aromatic rings. The van der Waals surface area contributed by atoms with Crippen LogP contribution >= 0.6 is 0 Å². The molecule has 154 valence electrons. The van der Waals surface area contributed by atoms with E-state index in [2.05, 4.69) is 10.6 Å². The molecule has 0 aliphatic rings. The maximum Gasteiger partial charge on any atom is 0.344 e. The Labute approximate surface area is 171 Å². The molecule has 0 bridgehead atoms. The number of aliphatic carboxylic acids is 1. The first-order valence-corrected chi connectivity index (χ1v) is 9.29. The van der Waals surface area contributed by atoms with Crippen molar-refractivity contribution in [2.24, 2.45) is 0 Å². The molecule has 2 amide bonds. The first-order valence-electron chi connectivity index (χ1n) is 9.29. The number of hydrogen-bond donors (Lipinski definition) is 3. The van der Waals surface area contributed by atoms with Crippen LogP contribution in [0.3, 0.4) is 0 Å². The molecule has 30 heavy (non-hydrogen) atoms. The minimum atomic E-state index is -1.03. The summed E-state index contributed by atoms with van der Waals surface area (Å²) in [6, 6.07) is 14.4. The molecule has 0 aliphatic heterocycles. The average molecular weight is 408 g/mol. The fourth-order valence-electron chi connectivity index (χ4n) is 2.88. The van der Waals surface area contributed by atoms with Gasteiger partial charge in [-0.3, -0.25) is 14.4 Å². The van der Waals surface area contributed by atoms with E-state index in [1.165, 1.54) is 6.92 Å². The van der Waals surface area contributed by atoms with Crippen LogP contribution in [0.25, 0.3) is 22.1 Å². The molecule has 0 fully saturated rings. The van der Waals surface area contributed by atoms with Gasteiger partial charge >= 0.3 is 11.6 Å². The van der Waals surface area contributed by atoms with Crippen LogP contribution in [-0.4, -0.2) is 35.5 Å². The Balaban J connectivity index is 1.76. The molecule has 3 N–H and O–H groups in total. The number of nitrogens with one attached hydrogen (secondary N) is 2. The fourth-order valence-corrected chi connectivity index (χ4v) is 2.88. The van der Waals surface area contributed by atoms with Crippen molar-refractivity contribution in [2.75, 3.05) is 6.54 Å². The van der Waals surface area contributed by atoms with E-state index in [9.17, 15) is 19.2 Å². The second kappa shape index (κ2) is 9.04. The summed E-state index contributed by atoms with van der Waals surface area (Å²) in [5, 5.41) is 14.4. The number of hydrogen-bond acceptors (Lipinski definition) is 5. The van der Waals surface area contributed by atoms with Crippen LogP contribution in [0.5, 0.6) is 0 Å². The largest absolute Gasteiger partial charge is 0.481 e. The minimum Gasteiger partial charge on any atom is -0.481 e. The Hall–Kier alpha value is -3.94. The van der Waals surface area contributed by atoms with E-state index in [0.29, 0.717) is 16.7 Å². The number of carbonyl (C=O) groups excluding carboxylic acids is 2. The molecule has 0 radical (unpaired) electrons. The minimum absolute atomic E-state index is 0.0262. The van der Waals surface area contributed by atoms with Gasteiger partial charge in [0.15, 0.2) is 0 Å². The number of fused-ring (bicyclic) bond motifs is 1. The summed E-state index contributed by atoms with van der Waals surface area (Å²) in [6.07, 6.45) is -0.206. The van der Waals surface area contributed by atoms with Crippen molar-refractivity contribution < 1.29 is 23.9 Å². The molecular formula is C22H20N2O6. The monoisotopic (exact) mass is 408 g/mol. The summed E-state index contributed by atoms with van der Waals surface area (Å²) in [7, 11) is 0. The van der Waals surface area contributed by atoms with Crippen molar-refractivity contribution in [3.05, 3.63) is 70.6 Å². The van der Waals surface area contributed by atoms with Gasteiger partial charge in [-0.1, -0.05) is 30.3 Å². The van der Waals surface area contributed by atoms with E-state index >= 15 is 0 Å². The van der Waals surface area contributed by atoms with Gasteiger partial charge < -0.3 is 20.2 Å². The maximum absolute atomic E-state index is 12.5. The Kier molecular flexibility index (Phi) is 6.26. The highest BCUT2D eigenvalue weighted by Gasteiger charge is 2.17. The number of amides is 2. The standard InChI is InChI=1S/C22H20N2O6/c1-13(20(27)23-10-9-19(25)26)24-21(28)16-7-4-6-14(11-16)17-12-15-5-2-3-8-18(15)30-22(17)29/h2-8,11-13H,9-10H2,1H3,(H,23,27)(H,24,28)(H,25,26). The number of benzene rings is 2. The topological polar surface area (TPSA) is 126 Å². The molecule has 3 rings (SSSR count). The molecule has 8 heteroatoms. The highest BCUT2D eigenvalue weighted by Crippen LogP contribution is 2.22. The van der Waals surface area contributed by atoms with Gasteiger partial charge in [-0.05, 0) is 36.8 Å². The van der Waals surface area contributed by atoms with E-state index in [4.69, 9.17) is 9.52 Å². The molecule has 0 spiro atoms. The summed E-state index contributed by atoms with van der Waals surface area (Å²) in [5.74, 6) is -2.01. The summed E-state index contributed by atoms with van der Waals surface area (Å²) >= 11 is 0. The van der Waals surface area contributed by atoms with Gasteiger partial charge in [0.05, 0.1) is 12.0 Å². The molecule has 0 aliphatic carbocycles. The third-order valence-electron chi connectivity index (χ3n) is 4.46. The number of carboxylic acid groups (broad SMARTS) is 1. The number of carbonyl (C=O) groups is 3. The van der Waals surface area contributed by atoms with Crippen molar-refractivity contribution >= 4 is 28.8 Å². The Morgan fingerprint density at radius 1 is 1.07 bits per heavy atom. The lowest BCUT2D eigenvalue weighted by atomic mass is 10.0. The molecule has 2 aromatic carbocycles. The van der Waals surface area contributed by atoms with E-state index in [1.54, 1.807) is 42.5 Å². The molecular weight excluding hydrogens is 388 g/mol. The molecule has 0 saturated heterocycles. The summed E-state index contributed by atoms with van der Waals surface area (Å²) < 4.78 is 5.35. The zero-order valence-corrected chi connectivity index (χ0v) is 16.2. The van der Waals surface area contributed by atoms with Crippen molar-refractivity contribution in [1.82, 2.24) is 10.6 Å². The van der Waals surface area contributed by atoms with Crippen molar-refractivity contribution in [2.45, 2.75) is 19.4 Å². The Bertz CT molecular complexity index is 1170. The smallest absolute Gasteiger partial charge is 0.344 e. The van der Waals surface area contributed by atoms with Crippen molar-refractivity contribution in [3.8, 4) is 11.1 Å². The third-order valence-corrected chi connectivity index (χ3v) is 4.46. The van der Waals surface area contributed by atoms with Gasteiger partial charge in [0, 0.05) is 17.5 Å². The molecule has 1 atom stereocenters. The summed E-state index contributed by atoms with van der Waals surface area (Å²) in [4.78, 5) is 47.4. The third kappa shape index (κ3) is 4.91. The molecule has 8 nitrogen and oxygen atoms in total.